The van der Waals surface area contributed by atoms with E-state index in [4.69, 9.17) is 4.74 Å². The zero-order valence-electron chi connectivity index (χ0n) is 14.2. The number of benzene rings is 1. The summed E-state index contributed by atoms with van der Waals surface area (Å²) < 4.78 is 6.90. The van der Waals surface area contributed by atoms with Gasteiger partial charge in [0.2, 0.25) is 0 Å². The highest BCUT2D eigenvalue weighted by molar-refractivity contribution is 7.21. The number of aldehydes is 1. The number of fused-ring (bicyclic) bond motifs is 1. The summed E-state index contributed by atoms with van der Waals surface area (Å²) in [5.41, 5.74) is 3.01. The summed E-state index contributed by atoms with van der Waals surface area (Å²) in [6.07, 6.45) is 1.09. The van der Waals surface area contributed by atoms with Gasteiger partial charge < -0.3 is 9.64 Å². The quantitative estimate of drug-likeness (QED) is 0.671. The van der Waals surface area contributed by atoms with Gasteiger partial charge in [-0.25, -0.2) is 9.97 Å². The monoisotopic (exact) mass is 353 g/mol. The zero-order chi connectivity index (χ0) is 17.4. The number of morpholine rings is 1. The molecule has 1 fully saturated rings. The van der Waals surface area contributed by atoms with Gasteiger partial charge in [-0.3, -0.25) is 4.79 Å². The molecular weight excluding hydrogens is 334 g/mol. The van der Waals surface area contributed by atoms with E-state index in [1.807, 2.05) is 50.2 Å². The van der Waals surface area contributed by atoms with Crippen LogP contribution in [0.1, 0.15) is 24.3 Å². The second kappa shape index (κ2) is 6.54. The minimum Gasteiger partial charge on any atom is -0.372 e. The van der Waals surface area contributed by atoms with Crippen molar-refractivity contribution in [1.29, 1.82) is 0 Å². The molecule has 0 amide bonds. The van der Waals surface area contributed by atoms with Crippen LogP contribution in [0.2, 0.25) is 0 Å². The third-order valence-corrected chi connectivity index (χ3v) is 5.35. The first-order chi connectivity index (χ1) is 12.1. The van der Waals surface area contributed by atoms with Crippen molar-refractivity contribution in [2.45, 2.75) is 26.1 Å². The highest BCUT2D eigenvalue weighted by Gasteiger charge is 2.24. The third-order valence-electron chi connectivity index (χ3n) is 4.29. The van der Waals surface area contributed by atoms with Gasteiger partial charge >= 0.3 is 0 Å². The number of carbonyl (C=O) groups excluding carboxylic acids is 1. The van der Waals surface area contributed by atoms with Crippen molar-refractivity contribution >= 4 is 33.5 Å². The minimum atomic E-state index is 0.132. The second-order valence-corrected chi connectivity index (χ2v) is 7.40. The van der Waals surface area contributed by atoms with Crippen LogP contribution in [0.15, 0.2) is 36.4 Å². The molecule has 0 spiro atoms. The number of carbonyl (C=O) groups is 1. The summed E-state index contributed by atoms with van der Waals surface area (Å²) in [7, 11) is 0. The maximum atomic E-state index is 11.7. The molecule has 2 atom stereocenters. The van der Waals surface area contributed by atoms with Crippen LogP contribution < -0.4 is 4.90 Å². The maximum absolute atomic E-state index is 11.7. The normalized spacial score (nSPS) is 20.8. The number of thiazole rings is 1. The molecule has 0 radical (unpaired) electrons. The van der Waals surface area contributed by atoms with Gasteiger partial charge in [0.25, 0.3) is 0 Å². The molecule has 128 valence electrons. The molecule has 0 aliphatic carbocycles. The lowest BCUT2D eigenvalue weighted by atomic mass is 10.1. The molecule has 4 rings (SSSR count). The first-order valence-electron chi connectivity index (χ1n) is 8.36. The number of hydrogen-bond donors (Lipinski definition) is 0. The van der Waals surface area contributed by atoms with Crippen LogP contribution in [0.25, 0.3) is 20.9 Å². The summed E-state index contributed by atoms with van der Waals surface area (Å²) in [5.74, 6) is 0. The number of rotatable bonds is 3. The van der Waals surface area contributed by atoms with Crippen LogP contribution in [0.4, 0.5) is 5.69 Å². The Labute approximate surface area is 150 Å². The van der Waals surface area contributed by atoms with Gasteiger partial charge in [-0.1, -0.05) is 12.1 Å². The number of ether oxygens (including phenoxy) is 1. The number of para-hydroxylation sites is 1. The fraction of sp³-hybridized carbons (Fsp3) is 0.316. The molecule has 0 saturated carbocycles. The zero-order valence-corrected chi connectivity index (χ0v) is 15.0. The molecule has 25 heavy (non-hydrogen) atoms. The lowest BCUT2D eigenvalue weighted by Gasteiger charge is -2.37. The Kier molecular flexibility index (Phi) is 4.23. The predicted molar refractivity (Wildman–Crippen MR) is 100 cm³/mol. The Morgan fingerprint density at radius 2 is 1.88 bits per heavy atom. The highest BCUT2D eigenvalue weighted by Crippen LogP contribution is 2.31. The van der Waals surface area contributed by atoms with Crippen molar-refractivity contribution < 1.29 is 9.53 Å². The predicted octanol–water partition coefficient (Wildman–Crippen LogP) is 3.78. The molecule has 3 heterocycles. The summed E-state index contributed by atoms with van der Waals surface area (Å²) in [4.78, 5) is 23.0. The summed E-state index contributed by atoms with van der Waals surface area (Å²) in [6.45, 7) is 5.61. The van der Waals surface area contributed by atoms with Crippen molar-refractivity contribution in [2.24, 2.45) is 0 Å². The molecule has 1 aliphatic rings. The van der Waals surface area contributed by atoms with Crippen molar-refractivity contribution in [3.05, 3.63) is 42.1 Å². The van der Waals surface area contributed by atoms with Crippen LogP contribution in [0.3, 0.4) is 0 Å². The molecule has 0 bridgehead atoms. The van der Waals surface area contributed by atoms with Crippen LogP contribution in [-0.2, 0) is 4.74 Å². The number of aromatic nitrogens is 2. The smallest absolute Gasteiger partial charge is 0.170 e. The summed E-state index contributed by atoms with van der Waals surface area (Å²) in [6, 6.07) is 11.9. The van der Waals surface area contributed by atoms with Gasteiger partial charge in [0.05, 0.1) is 33.8 Å². The van der Waals surface area contributed by atoms with Gasteiger partial charge in [-0.05, 0) is 38.1 Å². The van der Waals surface area contributed by atoms with Crippen molar-refractivity contribution in [2.75, 3.05) is 18.0 Å². The van der Waals surface area contributed by atoms with E-state index in [1.165, 1.54) is 0 Å². The third kappa shape index (κ3) is 3.15. The van der Waals surface area contributed by atoms with Crippen molar-refractivity contribution in [3.8, 4) is 10.7 Å². The maximum Gasteiger partial charge on any atom is 0.170 e. The lowest BCUT2D eigenvalue weighted by molar-refractivity contribution is -0.00527. The molecule has 3 aromatic rings. The van der Waals surface area contributed by atoms with Crippen LogP contribution >= 0.6 is 11.3 Å². The Hall–Kier alpha value is -2.31. The van der Waals surface area contributed by atoms with Gasteiger partial charge in [0.15, 0.2) is 6.29 Å². The van der Waals surface area contributed by atoms with Crippen LogP contribution in [0, 0.1) is 0 Å². The highest BCUT2D eigenvalue weighted by atomic mass is 32.1. The Morgan fingerprint density at radius 1 is 1.12 bits per heavy atom. The molecule has 6 heteroatoms. The lowest BCUT2D eigenvalue weighted by Crippen LogP contribution is -2.45. The molecule has 1 saturated heterocycles. The first-order valence-corrected chi connectivity index (χ1v) is 9.18. The molecule has 2 aromatic heterocycles. The topological polar surface area (TPSA) is 55.3 Å². The van der Waals surface area contributed by atoms with Crippen molar-refractivity contribution in [3.63, 3.8) is 0 Å². The minimum absolute atomic E-state index is 0.132. The van der Waals surface area contributed by atoms with Gasteiger partial charge in [-0.2, -0.15) is 0 Å². The standard InChI is InChI=1S/C19H19N3O2S/c1-12-9-22(10-13(2)24-12)17-8-7-15(20-16(17)11-23)19-21-14-5-3-4-6-18(14)25-19/h3-8,11-13H,9-10H2,1-2H3/t12-,13+. The summed E-state index contributed by atoms with van der Waals surface area (Å²) >= 11 is 1.59. The van der Waals surface area contributed by atoms with Crippen molar-refractivity contribution in [1.82, 2.24) is 9.97 Å². The van der Waals surface area contributed by atoms with E-state index in [-0.39, 0.29) is 12.2 Å². The van der Waals surface area contributed by atoms with E-state index in [2.05, 4.69) is 14.9 Å². The molecule has 1 aliphatic heterocycles. The number of pyridine rings is 1. The van der Waals surface area contributed by atoms with E-state index in [0.29, 0.717) is 5.69 Å². The largest absolute Gasteiger partial charge is 0.372 e. The van der Waals surface area contributed by atoms with Crippen LogP contribution in [0.5, 0.6) is 0 Å². The van der Waals surface area contributed by atoms with Gasteiger partial charge in [0.1, 0.15) is 10.7 Å². The number of anilines is 1. The number of hydrogen-bond acceptors (Lipinski definition) is 6. The molecule has 0 N–H and O–H groups in total. The van der Waals surface area contributed by atoms with E-state index >= 15 is 0 Å². The average Bonchev–Trinajstić information content (AvgIpc) is 3.04. The SMILES string of the molecule is C[C@@H]1CN(c2ccc(-c3nc4ccccc4s3)nc2C=O)C[C@H](C)O1. The molecule has 5 nitrogen and oxygen atoms in total. The molecule has 1 aromatic carbocycles. The van der Waals surface area contributed by atoms with E-state index in [9.17, 15) is 4.79 Å². The number of nitrogens with zero attached hydrogens (tertiary/aromatic N) is 3. The second-order valence-electron chi connectivity index (χ2n) is 6.37. The van der Waals surface area contributed by atoms with Gasteiger partial charge in [-0.15, -0.1) is 11.3 Å². The first kappa shape index (κ1) is 16.2. The van der Waals surface area contributed by atoms with Gasteiger partial charge in [0, 0.05) is 13.1 Å². The van der Waals surface area contributed by atoms with E-state index in [1.54, 1.807) is 11.3 Å². The average molecular weight is 353 g/mol. The molecular formula is C19H19N3O2S. The fourth-order valence-electron chi connectivity index (χ4n) is 3.30. The Balaban J connectivity index is 1.71. The summed E-state index contributed by atoms with van der Waals surface area (Å²) in [5, 5.41) is 0.833. The Bertz CT molecular complexity index is 881. The Morgan fingerprint density at radius 3 is 2.60 bits per heavy atom. The fourth-order valence-corrected chi connectivity index (χ4v) is 4.23. The van der Waals surface area contributed by atoms with E-state index in [0.717, 1.165) is 46.0 Å². The molecule has 0 unspecified atom stereocenters. The van der Waals surface area contributed by atoms with E-state index < -0.39 is 0 Å². The van der Waals surface area contributed by atoms with Crippen LogP contribution in [-0.4, -0.2) is 41.6 Å².